The molecular weight excluding hydrogens is 447 g/mol. The number of nitrogens with one attached hydrogen (secondary N) is 1. The molecule has 4 rings (SSSR count). The van der Waals surface area contributed by atoms with E-state index in [-0.39, 0.29) is 34.6 Å². The number of aliphatic hydroxyl groups excluding tert-OH is 2. The molecule has 3 aromatic rings. The molecule has 1 fully saturated rings. The zero-order valence-corrected chi connectivity index (χ0v) is 17.7. The number of hydrogen-bond acceptors (Lipinski definition) is 7. The zero-order chi connectivity index (χ0) is 23.0. The number of urea groups is 1. The average Bonchev–Trinajstić information content (AvgIpc) is 3.13. The van der Waals surface area contributed by atoms with Crippen molar-refractivity contribution in [2.45, 2.75) is 19.1 Å². The average molecular weight is 467 g/mol. The fourth-order valence-corrected chi connectivity index (χ4v) is 4.42. The Balaban J connectivity index is 1.43. The number of thiazole rings is 1. The van der Waals surface area contributed by atoms with Crippen LogP contribution in [0.2, 0.25) is 0 Å². The van der Waals surface area contributed by atoms with Gasteiger partial charge in [0.2, 0.25) is 0 Å². The number of pyridine rings is 1. The summed E-state index contributed by atoms with van der Waals surface area (Å²) in [5, 5.41) is 21.5. The van der Waals surface area contributed by atoms with Crippen LogP contribution in [0.5, 0.6) is 0 Å². The molecule has 0 spiro atoms. The van der Waals surface area contributed by atoms with E-state index in [1.807, 2.05) is 0 Å². The van der Waals surface area contributed by atoms with E-state index < -0.39 is 36.2 Å². The second-order valence-corrected chi connectivity index (χ2v) is 8.47. The first kappa shape index (κ1) is 22.2. The lowest BCUT2D eigenvalue weighted by atomic mass is 10.1. The number of aliphatic hydroxyl groups is 2. The van der Waals surface area contributed by atoms with Crippen molar-refractivity contribution in [3.63, 3.8) is 0 Å². The first-order chi connectivity index (χ1) is 15.3. The molecule has 8 nitrogen and oxygen atoms in total. The number of fused-ring (bicyclic) bond motifs is 1. The molecule has 1 aliphatic rings. The molecule has 0 aliphatic carbocycles. The largest absolute Gasteiger partial charge is 0.393 e. The molecule has 2 aromatic heterocycles. The first-order valence-corrected chi connectivity index (χ1v) is 10.6. The summed E-state index contributed by atoms with van der Waals surface area (Å²) >= 11 is 1.03. The third kappa shape index (κ3) is 4.33. The number of hydrogen-bond donors (Lipinski definition) is 3. The fourth-order valence-electron chi connectivity index (χ4n) is 3.56. The van der Waals surface area contributed by atoms with Gasteiger partial charge in [0.15, 0.2) is 28.4 Å². The van der Waals surface area contributed by atoms with Crippen LogP contribution >= 0.6 is 11.3 Å². The van der Waals surface area contributed by atoms with Gasteiger partial charge in [-0.25, -0.2) is 27.9 Å². The highest BCUT2D eigenvalue weighted by atomic mass is 32.1. The van der Waals surface area contributed by atoms with Gasteiger partial charge in [-0.2, -0.15) is 0 Å². The van der Waals surface area contributed by atoms with Gasteiger partial charge in [0.1, 0.15) is 6.10 Å². The van der Waals surface area contributed by atoms with E-state index in [1.165, 1.54) is 6.20 Å². The number of rotatable bonds is 4. The van der Waals surface area contributed by atoms with Crippen molar-refractivity contribution in [3.8, 4) is 0 Å². The number of aromatic nitrogens is 2. The van der Waals surface area contributed by atoms with Crippen LogP contribution in [0.4, 0.5) is 28.9 Å². The predicted octanol–water partition coefficient (Wildman–Crippen LogP) is 2.88. The lowest BCUT2D eigenvalue weighted by molar-refractivity contribution is 0.0951. The quantitative estimate of drug-likeness (QED) is 0.546. The topological polar surface area (TPSA) is 102 Å². The number of halogens is 3. The maximum absolute atomic E-state index is 14.5. The van der Waals surface area contributed by atoms with E-state index >= 15 is 0 Å². The molecule has 0 saturated carbocycles. The van der Waals surface area contributed by atoms with Crippen LogP contribution in [0.15, 0.2) is 24.4 Å². The van der Waals surface area contributed by atoms with Gasteiger partial charge in [0, 0.05) is 43.5 Å². The highest BCUT2D eigenvalue weighted by Crippen LogP contribution is 2.29. The van der Waals surface area contributed by atoms with Gasteiger partial charge in [-0.05, 0) is 19.1 Å². The van der Waals surface area contributed by atoms with Crippen LogP contribution < -0.4 is 10.2 Å². The van der Waals surface area contributed by atoms with Crippen LogP contribution in [0.3, 0.4) is 0 Å². The monoisotopic (exact) mass is 467 g/mol. The van der Waals surface area contributed by atoms with Gasteiger partial charge >= 0.3 is 6.03 Å². The van der Waals surface area contributed by atoms with E-state index in [0.29, 0.717) is 17.8 Å². The minimum atomic E-state index is -1.21. The van der Waals surface area contributed by atoms with Crippen LogP contribution in [0.1, 0.15) is 18.6 Å². The molecule has 3 heterocycles. The molecule has 0 bridgehead atoms. The summed E-state index contributed by atoms with van der Waals surface area (Å²) in [6, 6.07) is 2.42. The Morgan fingerprint density at radius 2 is 2.00 bits per heavy atom. The van der Waals surface area contributed by atoms with E-state index in [4.69, 9.17) is 5.11 Å². The lowest BCUT2D eigenvalue weighted by Crippen LogP contribution is -2.55. The van der Waals surface area contributed by atoms with Crippen molar-refractivity contribution in [3.05, 3.63) is 47.4 Å². The molecule has 3 N–H and O–H groups in total. The van der Waals surface area contributed by atoms with E-state index in [9.17, 15) is 23.1 Å². The smallest absolute Gasteiger partial charge is 0.324 e. The number of amides is 2. The predicted molar refractivity (Wildman–Crippen MR) is 113 cm³/mol. The van der Waals surface area contributed by atoms with Crippen LogP contribution in [0, 0.1) is 17.5 Å². The third-order valence-corrected chi connectivity index (χ3v) is 6.17. The number of piperazine rings is 1. The van der Waals surface area contributed by atoms with E-state index in [2.05, 4.69) is 15.3 Å². The summed E-state index contributed by atoms with van der Waals surface area (Å²) in [7, 11) is 0. The Hall–Kier alpha value is -2.96. The van der Waals surface area contributed by atoms with Crippen molar-refractivity contribution < 1.29 is 28.2 Å². The molecule has 1 aliphatic heterocycles. The zero-order valence-electron chi connectivity index (χ0n) is 16.9. The standard InChI is InChI=1S/C20H20F3N5O3S/c1-10-8-27(18-14(23)4-11(7-24-18)16(30)9-29)2-3-28(10)20(31)26-19-25-15-5-12(21)13(22)6-17(15)32-19/h4-7,10,16,29-30H,2-3,8-9H2,1H3,(H,25,26,31)/t10?,16-/m1/s1. The summed E-state index contributed by atoms with van der Waals surface area (Å²) in [6.45, 7) is 2.18. The molecule has 2 amide bonds. The number of benzene rings is 1. The van der Waals surface area contributed by atoms with Gasteiger partial charge in [-0.15, -0.1) is 0 Å². The maximum atomic E-state index is 14.5. The van der Waals surface area contributed by atoms with Gasteiger partial charge < -0.3 is 20.0 Å². The maximum Gasteiger partial charge on any atom is 0.324 e. The summed E-state index contributed by atoms with van der Waals surface area (Å²) in [6.07, 6.45) is 0.1000. The Morgan fingerprint density at radius 3 is 2.69 bits per heavy atom. The van der Waals surface area contributed by atoms with E-state index in [0.717, 1.165) is 29.5 Å². The van der Waals surface area contributed by atoms with Crippen LogP contribution in [-0.2, 0) is 0 Å². The van der Waals surface area contributed by atoms with Crippen molar-refractivity contribution in [2.24, 2.45) is 0 Å². The summed E-state index contributed by atoms with van der Waals surface area (Å²) in [4.78, 5) is 24.2. The normalized spacial score (nSPS) is 17.6. The molecule has 1 saturated heterocycles. The second-order valence-electron chi connectivity index (χ2n) is 7.44. The molecule has 2 atom stereocenters. The molecular formula is C20H20F3N5O3S. The number of carbonyl (C=O) groups excluding carboxylic acids is 1. The minimum Gasteiger partial charge on any atom is -0.393 e. The fraction of sp³-hybridized carbons (Fsp3) is 0.350. The summed E-state index contributed by atoms with van der Waals surface area (Å²) in [5.41, 5.74) is 0.425. The SMILES string of the molecule is CC1CN(c2ncc([C@H](O)CO)cc2F)CCN1C(=O)Nc1nc2cc(F)c(F)cc2s1. The summed E-state index contributed by atoms with van der Waals surface area (Å²) < 4.78 is 41.7. The second kappa shape index (κ2) is 8.88. The molecule has 0 radical (unpaired) electrons. The van der Waals surface area contributed by atoms with Crippen LogP contribution in [-0.4, -0.2) is 63.4 Å². The molecule has 170 valence electrons. The van der Waals surface area contributed by atoms with Gasteiger partial charge in [0.25, 0.3) is 0 Å². The Labute approximate surface area is 184 Å². The number of carbonyl (C=O) groups is 1. The van der Waals surface area contributed by atoms with Gasteiger partial charge in [-0.1, -0.05) is 11.3 Å². The molecule has 12 heteroatoms. The van der Waals surface area contributed by atoms with Crippen LogP contribution in [0.25, 0.3) is 10.2 Å². The highest BCUT2D eigenvalue weighted by Gasteiger charge is 2.30. The van der Waals surface area contributed by atoms with Crippen molar-refractivity contribution in [2.75, 3.05) is 36.5 Å². The third-order valence-electron chi connectivity index (χ3n) is 5.23. The number of anilines is 2. The Kier molecular flexibility index (Phi) is 6.17. The molecule has 1 unspecified atom stereocenters. The molecule has 1 aromatic carbocycles. The molecule has 32 heavy (non-hydrogen) atoms. The van der Waals surface area contributed by atoms with Gasteiger partial charge in [-0.3, -0.25) is 5.32 Å². The number of nitrogens with zero attached hydrogens (tertiary/aromatic N) is 4. The van der Waals surface area contributed by atoms with Crippen molar-refractivity contribution >= 4 is 38.5 Å². The minimum absolute atomic E-state index is 0.0982. The highest BCUT2D eigenvalue weighted by molar-refractivity contribution is 7.22. The van der Waals surface area contributed by atoms with E-state index in [1.54, 1.807) is 16.7 Å². The van der Waals surface area contributed by atoms with Crippen molar-refractivity contribution in [1.29, 1.82) is 0 Å². The first-order valence-electron chi connectivity index (χ1n) is 9.79. The summed E-state index contributed by atoms with van der Waals surface area (Å²) in [5.74, 6) is -2.52. The lowest BCUT2D eigenvalue weighted by Gasteiger charge is -2.40. The van der Waals surface area contributed by atoms with Crippen molar-refractivity contribution in [1.82, 2.24) is 14.9 Å². The Bertz CT molecular complexity index is 1120. The Morgan fingerprint density at radius 1 is 1.25 bits per heavy atom. The van der Waals surface area contributed by atoms with Gasteiger partial charge in [0.05, 0.1) is 16.8 Å².